The van der Waals surface area contributed by atoms with Gasteiger partial charge in [0, 0.05) is 6.20 Å². The summed E-state index contributed by atoms with van der Waals surface area (Å²) in [5, 5.41) is 0. The van der Waals surface area contributed by atoms with E-state index in [2.05, 4.69) is 18.8 Å². The molecule has 0 saturated carbocycles. The monoisotopic (exact) mass is 243 g/mol. The van der Waals surface area contributed by atoms with Crippen LogP contribution in [-0.2, 0) is 0 Å². The van der Waals surface area contributed by atoms with Gasteiger partial charge in [-0.2, -0.15) is 0 Å². The van der Waals surface area contributed by atoms with Crippen LogP contribution in [0, 0.1) is 5.82 Å². The third-order valence-electron chi connectivity index (χ3n) is 1.79. The van der Waals surface area contributed by atoms with Gasteiger partial charge in [-0.25, -0.2) is 9.37 Å². The number of aromatic nitrogens is 1. The van der Waals surface area contributed by atoms with E-state index in [1.165, 1.54) is 18.7 Å². The molecular weight excluding hydrogens is 228 g/mol. The fourth-order valence-electron chi connectivity index (χ4n) is 1.12. The van der Waals surface area contributed by atoms with Crippen molar-refractivity contribution >= 4 is 13.3 Å². The predicted molar refractivity (Wildman–Crippen MR) is 72.1 cm³/mol. The van der Waals surface area contributed by atoms with Crippen LogP contribution in [0.15, 0.2) is 42.6 Å². The fraction of sp³-hybridized carbons (Fsp3) is 0.214. The maximum atomic E-state index is 13.3. The molecular formula is C14H15BFNO. The van der Waals surface area contributed by atoms with E-state index in [1.54, 1.807) is 24.3 Å². The van der Waals surface area contributed by atoms with Gasteiger partial charge in [0.1, 0.15) is 13.6 Å². The number of benzene rings is 1. The Hall–Kier alpha value is -1.84. The standard InChI is InChI=1S/C11H7BFNO.C3H8/c12-8-6-10(13)11(14-7-8)15-9-4-2-1-3-5-9;1-3-2/h1-7H;3H2,1-2H3. The molecule has 0 aliphatic heterocycles. The molecule has 0 aliphatic carbocycles. The van der Waals surface area contributed by atoms with E-state index in [0.29, 0.717) is 5.75 Å². The van der Waals surface area contributed by atoms with Crippen molar-refractivity contribution in [3.05, 3.63) is 48.4 Å². The summed E-state index contributed by atoms with van der Waals surface area (Å²) in [6.07, 6.45) is 2.60. The lowest BCUT2D eigenvalue weighted by Crippen LogP contribution is -2.05. The summed E-state index contributed by atoms with van der Waals surface area (Å²) in [4.78, 5) is 3.75. The molecule has 1 aromatic heterocycles. The molecule has 2 radical (unpaired) electrons. The first kappa shape index (κ1) is 14.2. The lowest BCUT2D eigenvalue weighted by atomic mass is 9.99. The molecule has 92 valence electrons. The zero-order chi connectivity index (χ0) is 13.4. The second-order valence-electron chi connectivity index (χ2n) is 3.68. The topological polar surface area (TPSA) is 22.1 Å². The average molecular weight is 243 g/mol. The summed E-state index contributed by atoms with van der Waals surface area (Å²) < 4.78 is 18.5. The summed E-state index contributed by atoms with van der Waals surface area (Å²) in [6, 6.07) is 10.1. The molecule has 2 aromatic rings. The first-order valence-corrected chi connectivity index (χ1v) is 5.81. The predicted octanol–water partition coefficient (Wildman–Crippen LogP) is 3.22. The molecule has 0 spiro atoms. The minimum absolute atomic E-state index is 0.0737. The van der Waals surface area contributed by atoms with Crippen LogP contribution in [0.4, 0.5) is 4.39 Å². The summed E-state index contributed by atoms with van der Waals surface area (Å²) in [7, 11) is 5.36. The summed E-state index contributed by atoms with van der Waals surface area (Å²) in [6.45, 7) is 4.25. The first-order valence-electron chi connectivity index (χ1n) is 5.81. The number of rotatable bonds is 2. The van der Waals surface area contributed by atoms with Crippen LogP contribution in [0.3, 0.4) is 0 Å². The van der Waals surface area contributed by atoms with E-state index in [4.69, 9.17) is 12.6 Å². The number of pyridine rings is 1. The summed E-state index contributed by atoms with van der Waals surface area (Å²) >= 11 is 0. The van der Waals surface area contributed by atoms with Crippen LogP contribution in [0.2, 0.25) is 0 Å². The van der Waals surface area contributed by atoms with Crippen molar-refractivity contribution in [1.29, 1.82) is 0 Å². The third-order valence-corrected chi connectivity index (χ3v) is 1.79. The minimum Gasteiger partial charge on any atom is -0.436 e. The number of halogens is 1. The first-order chi connectivity index (χ1) is 8.67. The number of hydrogen-bond donors (Lipinski definition) is 0. The molecule has 1 aromatic carbocycles. The quantitative estimate of drug-likeness (QED) is 0.755. The Kier molecular flexibility index (Phi) is 5.91. The number of hydrogen-bond acceptors (Lipinski definition) is 2. The molecule has 1 heterocycles. The lowest BCUT2D eigenvalue weighted by Gasteiger charge is -2.05. The van der Waals surface area contributed by atoms with Gasteiger partial charge in [0.15, 0.2) is 5.82 Å². The van der Waals surface area contributed by atoms with Crippen molar-refractivity contribution in [3.63, 3.8) is 0 Å². The minimum atomic E-state index is -0.571. The Morgan fingerprint density at radius 3 is 2.39 bits per heavy atom. The van der Waals surface area contributed by atoms with E-state index in [-0.39, 0.29) is 11.3 Å². The van der Waals surface area contributed by atoms with Crippen LogP contribution in [0.1, 0.15) is 20.3 Å². The Morgan fingerprint density at radius 2 is 1.83 bits per heavy atom. The largest absolute Gasteiger partial charge is 0.436 e. The summed E-state index contributed by atoms with van der Waals surface area (Å²) in [5.41, 5.74) is 0.271. The maximum absolute atomic E-state index is 13.3. The smallest absolute Gasteiger partial charge is 0.255 e. The van der Waals surface area contributed by atoms with Crippen LogP contribution in [-0.4, -0.2) is 12.8 Å². The Labute approximate surface area is 108 Å². The fourth-order valence-corrected chi connectivity index (χ4v) is 1.12. The highest BCUT2D eigenvalue weighted by molar-refractivity contribution is 6.32. The Morgan fingerprint density at radius 1 is 1.22 bits per heavy atom. The molecule has 0 fully saturated rings. The zero-order valence-corrected chi connectivity index (χ0v) is 10.6. The van der Waals surface area contributed by atoms with Crippen molar-refractivity contribution in [2.45, 2.75) is 20.3 Å². The molecule has 0 amide bonds. The number of para-hydroxylation sites is 1. The Bertz CT molecular complexity index is 476. The normalized spacial score (nSPS) is 9.28. The molecule has 0 bridgehead atoms. The van der Waals surface area contributed by atoms with Crippen molar-refractivity contribution in [1.82, 2.24) is 4.98 Å². The lowest BCUT2D eigenvalue weighted by molar-refractivity contribution is 0.423. The highest BCUT2D eigenvalue weighted by atomic mass is 19.1. The van der Waals surface area contributed by atoms with E-state index >= 15 is 0 Å². The van der Waals surface area contributed by atoms with Crippen molar-refractivity contribution in [2.75, 3.05) is 0 Å². The van der Waals surface area contributed by atoms with Gasteiger partial charge in [-0.3, -0.25) is 0 Å². The SMILES string of the molecule is CCC.[B]c1cnc(Oc2ccccc2)c(F)c1. The van der Waals surface area contributed by atoms with Gasteiger partial charge in [0.25, 0.3) is 5.88 Å². The maximum Gasteiger partial charge on any atom is 0.255 e. The van der Waals surface area contributed by atoms with Crippen LogP contribution in [0.25, 0.3) is 0 Å². The van der Waals surface area contributed by atoms with Crippen molar-refractivity contribution in [3.8, 4) is 11.6 Å². The second kappa shape index (κ2) is 7.48. The van der Waals surface area contributed by atoms with Crippen LogP contribution < -0.4 is 10.2 Å². The van der Waals surface area contributed by atoms with Gasteiger partial charge in [0.2, 0.25) is 0 Å². The van der Waals surface area contributed by atoms with Gasteiger partial charge < -0.3 is 4.74 Å². The molecule has 2 rings (SSSR count). The van der Waals surface area contributed by atoms with Gasteiger partial charge in [0.05, 0.1) is 0 Å². The van der Waals surface area contributed by atoms with Crippen LogP contribution >= 0.6 is 0 Å². The van der Waals surface area contributed by atoms with Gasteiger partial charge >= 0.3 is 0 Å². The molecule has 0 unspecified atom stereocenters. The molecule has 0 atom stereocenters. The van der Waals surface area contributed by atoms with Crippen molar-refractivity contribution in [2.24, 2.45) is 0 Å². The van der Waals surface area contributed by atoms with E-state index in [0.717, 1.165) is 0 Å². The second-order valence-corrected chi connectivity index (χ2v) is 3.68. The van der Waals surface area contributed by atoms with E-state index in [1.807, 2.05) is 6.07 Å². The molecule has 0 saturated heterocycles. The molecule has 4 heteroatoms. The van der Waals surface area contributed by atoms with Gasteiger partial charge in [-0.05, 0) is 18.2 Å². The Balaban J connectivity index is 0.000000492. The van der Waals surface area contributed by atoms with Gasteiger partial charge in [-0.1, -0.05) is 43.9 Å². The summed E-state index contributed by atoms with van der Waals surface area (Å²) in [5.74, 6) is -0.108. The molecule has 0 N–H and O–H groups in total. The molecule has 2 nitrogen and oxygen atoms in total. The zero-order valence-electron chi connectivity index (χ0n) is 10.6. The highest BCUT2D eigenvalue weighted by Gasteiger charge is 2.05. The van der Waals surface area contributed by atoms with E-state index in [9.17, 15) is 4.39 Å². The third kappa shape index (κ3) is 4.57. The highest BCUT2D eigenvalue weighted by Crippen LogP contribution is 2.20. The number of ether oxygens (including phenoxy) is 1. The van der Waals surface area contributed by atoms with Gasteiger partial charge in [-0.15, -0.1) is 0 Å². The van der Waals surface area contributed by atoms with Crippen molar-refractivity contribution < 1.29 is 9.13 Å². The average Bonchev–Trinajstić information content (AvgIpc) is 2.35. The number of nitrogens with zero attached hydrogens (tertiary/aromatic N) is 1. The van der Waals surface area contributed by atoms with Crippen LogP contribution in [0.5, 0.6) is 11.6 Å². The molecule has 18 heavy (non-hydrogen) atoms. The van der Waals surface area contributed by atoms with E-state index < -0.39 is 5.82 Å². The molecule has 0 aliphatic rings.